The largest absolute Gasteiger partial charge is 0.619 e. The number of likely N-dealkylation sites (tertiary alicyclic amines) is 1. The molecule has 10 heteroatoms. The number of aromatic nitrogens is 3. The summed E-state index contributed by atoms with van der Waals surface area (Å²) in [6.45, 7) is 6.37. The van der Waals surface area contributed by atoms with Crippen LogP contribution in [0.25, 0.3) is 0 Å². The number of amides is 1. The Balaban J connectivity index is 1.62. The Morgan fingerprint density at radius 1 is 1.31 bits per heavy atom. The second-order valence-electron chi connectivity index (χ2n) is 6.96. The Hall–Kier alpha value is -3.17. The van der Waals surface area contributed by atoms with Crippen LogP contribution in [-0.4, -0.2) is 46.3 Å². The van der Waals surface area contributed by atoms with Crippen molar-refractivity contribution in [2.24, 2.45) is 0 Å². The van der Waals surface area contributed by atoms with Gasteiger partial charge in [0.25, 0.3) is 0 Å². The number of rotatable bonds is 5. The van der Waals surface area contributed by atoms with Crippen molar-refractivity contribution in [1.29, 1.82) is 0 Å². The summed E-state index contributed by atoms with van der Waals surface area (Å²) >= 11 is 0. The summed E-state index contributed by atoms with van der Waals surface area (Å²) in [7, 11) is 0. The standard InChI is InChI=1S/C19H23FN4O5/c1-12(2)27-19(25)23-7-4-14(5-8-23)28-17-13(3)18(22-11-21-17)29-16-6-9-24(26)10-15(16)20/h6,9-12,14H,4-5,7-8H2,1-3H3. The van der Waals surface area contributed by atoms with E-state index in [0.717, 1.165) is 12.4 Å². The maximum absolute atomic E-state index is 13.9. The van der Waals surface area contributed by atoms with Gasteiger partial charge in [-0.05, 0) is 20.8 Å². The van der Waals surface area contributed by atoms with Crippen LogP contribution < -0.4 is 14.2 Å². The average Bonchev–Trinajstić information content (AvgIpc) is 2.67. The minimum Gasteiger partial charge on any atom is -0.619 e. The molecule has 0 spiro atoms. The summed E-state index contributed by atoms with van der Waals surface area (Å²) in [6, 6.07) is 1.22. The van der Waals surface area contributed by atoms with Crippen molar-refractivity contribution in [3.63, 3.8) is 0 Å². The van der Waals surface area contributed by atoms with E-state index in [9.17, 15) is 14.4 Å². The van der Waals surface area contributed by atoms with E-state index in [0.29, 0.717) is 42.1 Å². The summed E-state index contributed by atoms with van der Waals surface area (Å²) < 4.78 is 30.9. The maximum Gasteiger partial charge on any atom is 0.410 e. The van der Waals surface area contributed by atoms with Gasteiger partial charge in [0.05, 0.1) is 11.7 Å². The first-order valence-electron chi connectivity index (χ1n) is 9.33. The molecule has 0 aliphatic carbocycles. The number of carbonyl (C=O) groups is 1. The fourth-order valence-corrected chi connectivity index (χ4v) is 2.86. The lowest BCUT2D eigenvalue weighted by Crippen LogP contribution is -2.42. The predicted molar refractivity (Wildman–Crippen MR) is 99.0 cm³/mol. The number of hydrogen-bond donors (Lipinski definition) is 0. The maximum atomic E-state index is 13.9. The fraction of sp³-hybridized carbons (Fsp3) is 0.474. The summed E-state index contributed by atoms with van der Waals surface area (Å²) in [5.74, 6) is -0.464. The second kappa shape index (κ2) is 8.89. The highest BCUT2D eigenvalue weighted by Gasteiger charge is 2.26. The van der Waals surface area contributed by atoms with E-state index in [1.165, 1.54) is 12.4 Å². The molecule has 156 valence electrons. The third kappa shape index (κ3) is 5.21. The van der Waals surface area contributed by atoms with Crippen molar-refractivity contribution in [2.45, 2.75) is 45.8 Å². The number of nitrogens with zero attached hydrogens (tertiary/aromatic N) is 4. The van der Waals surface area contributed by atoms with Crippen molar-refractivity contribution >= 4 is 6.09 Å². The van der Waals surface area contributed by atoms with Gasteiger partial charge in [-0.3, -0.25) is 0 Å². The quantitative estimate of drug-likeness (QED) is 0.556. The molecule has 29 heavy (non-hydrogen) atoms. The van der Waals surface area contributed by atoms with E-state index < -0.39 is 5.82 Å². The van der Waals surface area contributed by atoms with Crippen LogP contribution >= 0.6 is 0 Å². The van der Waals surface area contributed by atoms with Gasteiger partial charge in [0.15, 0.2) is 11.9 Å². The van der Waals surface area contributed by atoms with E-state index in [-0.39, 0.29) is 29.9 Å². The van der Waals surface area contributed by atoms with Crippen molar-refractivity contribution in [3.05, 3.63) is 41.4 Å². The number of piperidine rings is 1. The van der Waals surface area contributed by atoms with E-state index >= 15 is 0 Å². The molecule has 0 aromatic carbocycles. The summed E-state index contributed by atoms with van der Waals surface area (Å²) in [5, 5.41) is 11.1. The molecule has 2 aromatic rings. The normalized spacial score (nSPS) is 14.7. The molecule has 0 unspecified atom stereocenters. The van der Waals surface area contributed by atoms with Crippen molar-refractivity contribution in [3.8, 4) is 17.5 Å². The van der Waals surface area contributed by atoms with Crippen LogP contribution in [0.3, 0.4) is 0 Å². The van der Waals surface area contributed by atoms with Gasteiger partial charge >= 0.3 is 6.09 Å². The molecule has 2 aromatic heterocycles. The smallest absolute Gasteiger partial charge is 0.410 e. The molecule has 3 rings (SSSR count). The monoisotopic (exact) mass is 406 g/mol. The molecule has 1 aliphatic rings. The van der Waals surface area contributed by atoms with Crippen LogP contribution in [0.5, 0.6) is 17.5 Å². The predicted octanol–water partition coefficient (Wildman–Crippen LogP) is 2.74. The Morgan fingerprint density at radius 2 is 2.00 bits per heavy atom. The van der Waals surface area contributed by atoms with Crippen molar-refractivity contribution < 1.29 is 28.1 Å². The number of pyridine rings is 1. The molecule has 0 saturated carbocycles. The minimum atomic E-state index is -0.802. The molecule has 1 aliphatic heterocycles. The minimum absolute atomic E-state index is 0.123. The Morgan fingerprint density at radius 3 is 2.66 bits per heavy atom. The Bertz CT molecular complexity index is 872. The zero-order chi connectivity index (χ0) is 21.0. The number of hydrogen-bond acceptors (Lipinski definition) is 7. The first kappa shape index (κ1) is 20.6. The molecule has 1 saturated heterocycles. The number of ether oxygens (including phenoxy) is 3. The van der Waals surface area contributed by atoms with Gasteiger partial charge in [-0.2, -0.15) is 9.12 Å². The lowest BCUT2D eigenvalue weighted by Gasteiger charge is -2.31. The fourth-order valence-electron chi connectivity index (χ4n) is 2.86. The van der Waals surface area contributed by atoms with E-state index in [2.05, 4.69) is 9.97 Å². The first-order chi connectivity index (χ1) is 13.8. The molecule has 3 heterocycles. The third-order valence-electron chi connectivity index (χ3n) is 4.36. The third-order valence-corrected chi connectivity index (χ3v) is 4.36. The highest BCUT2D eigenvalue weighted by Crippen LogP contribution is 2.29. The lowest BCUT2D eigenvalue weighted by molar-refractivity contribution is -0.607. The molecule has 1 fully saturated rings. The van der Waals surface area contributed by atoms with Crippen LogP contribution in [0.4, 0.5) is 9.18 Å². The van der Waals surface area contributed by atoms with Gasteiger partial charge in [0, 0.05) is 32.0 Å². The Labute approximate surface area is 167 Å². The van der Waals surface area contributed by atoms with Crippen LogP contribution in [0.2, 0.25) is 0 Å². The van der Waals surface area contributed by atoms with E-state index in [1.54, 1.807) is 11.8 Å². The van der Waals surface area contributed by atoms with Crippen molar-refractivity contribution in [1.82, 2.24) is 14.9 Å². The summed E-state index contributed by atoms with van der Waals surface area (Å²) in [4.78, 5) is 21.8. The molecular formula is C19H23FN4O5. The number of carbonyl (C=O) groups excluding carboxylic acids is 1. The van der Waals surface area contributed by atoms with Crippen LogP contribution in [0, 0.1) is 17.9 Å². The number of halogens is 1. The zero-order valence-corrected chi connectivity index (χ0v) is 16.5. The van der Waals surface area contributed by atoms with Gasteiger partial charge in [-0.25, -0.2) is 14.8 Å². The topological polar surface area (TPSA) is 101 Å². The molecule has 0 atom stereocenters. The first-order valence-corrected chi connectivity index (χ1v) is 9.33. The van der Waals surface area contributed by atoms with Crippen molar-refractivity contribution in [2.75, 3.05) is 13.1 Å². The Kier molecular flexibility index (Phi) is 6.30. The molecule has 9 nitrogen and oxygen atoms in total. The summed E-state index contributed by atoms with van der Waals surface area (Å²) in [6.07, 6.45) is 3.80. The highest BCUT2D eigenvalue weighted by molar-refractivity contribution is 5.67. The van der Waals surface area contributed by atoms with Gasteiger partial charge < -0.3 is 24.3 Å². The summed E-state index contributed by atoms with van der Waals surface area (Å²) in [5.41, 5.74) is 0.507. The van der Waals surface area contributed by atoms with Gasteiger partial charge in [0.1, 0.15) is 12.4 Å². The zero-order valence-electron chi connectivity index (χ0n) is 16.5. The average molecular weight is 406 g/mol. The van der Waals surface area contributed by atoms with Crippen LogP contribution in [-0.2, 0) is 4.74 Å². The molecule has 0 bridgehead atoms. The SMILES string of the molecule is Cc1c(Oc2cc[n+]([O-])cc2F)ncnc1OC1CCN(C(=O)OC(C)C)CC1. The molecule has 1 amide bonds. The van der Waals surface area contributed by atoms with E-state index in [1.807, 2.05) is 13.8 Å². The van der Waals surface area contributed by atoms with Gasteiger partial charge in [0.2, 0.25) is 23.8 Å². The highest BCUT2D eigenvalue weighted by atomic mass is 19.1. The molecule has 0 radical (unpaired) electrons. The van der Waals surface area contributed by atoms with Crippen LogP contribution in [0.1, 0.15) is 32.3 Å². The molecule has 0 N–H and O–H groups in total. The van der Waals surface area contributed by atoms with Gasteiger partial charge in [-0.15, -0.1) is 0 Å². The van der Waals surface area contributed by atoms with Crippen LogP contribution in [0.15, 0.2) is 24.8 Å². The van der Waals surface area contributed by atoms with E-state index in [4.69, 9.17) is 14.2 Å². The van der Waals surface area contributed by atoms with Gasteiger partial charge in [-0.1, -0.05) is 0 Å². The lowest BCUT2D eigenvalue weighted by atomic mass is 10.1. The molecular weight excluding hydrogens is 383 g/mol. The second-order valence-corrected chi connectivity index (χ2v) is 6.96.